The third kappa shape index (κ3) is 3.18. The van der Waals surface area contributed by atoms with Gasteiger partial charge in [-0.1, -0.05) is 6.07 Å². The maximum absolute atomic E-state index is 11.7. The van der Waals surface area contributed by atoms with Crippen molar-refractivity contribution in [3.05, 3.63) is 22.4 Å². The summed E-state index contributed by atoms with van der Waals surface area (Å²) >= 11 is 1.83. The van der Waals surface area contributed by atoms with E-state index in [9.17, 15) is 4.79 Å². The Morgan fingerprint density at radius 3 is 2.95 bits per heavy atom. The molecular weight excluding hydrogens is 256 g/mol. The van der Waals surface area contributed by atoms with Crippen LogP contribution in [0, 0.1) is 0 Å². The Kier molecular flexibility index (Phi) is 3.89. The van der Waals surface area contributed by atoms with Crippen LogP contribution in [0.5, 0.6) is 0 Å². The quantitative estimate of drug-likeness (QED) is 0.827. The summed E-state index contributed by atoms with van der Waals surface area (Å²) in [4.78, 5) is 17.9. The van der Waals surface area contributed by atoms with E-state index in [4.69, 9.17) is 0 Å². The van der Waals surface area contributed by atoms with Gasteiger partial charge in [0.2, 0.25) is 5.91 Å². The lowest BCUT2D eigenvalue weighted by Crippen LogP contribution is -2.43. The van der Waals surface area contributed by atoms with Crippen molar-refractivity contribution in [1.82, 2.24) is 9.80 Å². The number of thiophene rings is 1. The first-order valence-corrected chi connectivity index (χ1v) is 8.15. The SMILES string of the molecule is CC(=O)N(C[C@@H]1CCCN1Cc1cccs1)C1CC1. The van der Waals surface area contributed by atoms with Crippen molar-refractivity contribution in [3.63, 3.8) is 0 Å². The van der Waals surface area contributed by atoms with Crippen LogP contribution in [0.1, 0.15) is 37.5 Å². The zero-order chi connectivity index (χ0) is 13.2. The molecule has 19 heavy (non-hydrogen) atoms. The summed E-state index contributed by atoms with van der Waals surface area (Å²) in [7, 11) is 0. The zero-order valence-electron chi connectivity index (χ0n) is 11.5. The van der Waals surface area contributed by atoms with Crippen LogP contribution in [0.25, 0.3) is 0 Å². The first-order valence-electron chi connectivity index (χ1n) is 7.27. The predicted molar refractivity (Wildman–Crippen MR) is 78.2 cm³/mol. The van der Waals surface area contributed by atoms with Gasteiger partial charge >= 0.3 is 0 Å². The molecule has 1 amide bonds. The molecule has 1 aliphatic heterocycles. The van der Waals surface area contributed by atoms with Crippen LogP contribution in [0.3, 0.4) is 0 Å². The average molecular weight is 278 g/mol. The van der Waals surface area contributed by atoms with Crippen LogP contribution in [-0.4, -0.2) is 40.9 Å². The molecule has 0 radical (unpaired) electrons. The van der Waals surface area contributed by atoms with E-state index in [1.807, 2.05) is 11.3 Å². The molecule has 3 rings (SSSR count). The van der Waals surface area contributed by atoms with E-state index in [0.29, 0.717) is 12.1 Å². The van der Waals surface area contributed by atoms with E-state index in [-0.39, 0.29) is 5.91 Å². The van der Waals surface area contributed by atoms with Gasteiger partial charge in [-0.05, 0) is 43.7 Å². The Morgan fingerprint density at radius 1 is 1.47 bits per heavy atom. The number of rotatable bonds is 5. The number of hydrogen-bond donors (Lipinski definition) is 0. The van der Waals surface area contributed by atoms with Crippen LogP contribution in [0.4, 0.5) is 0 Å². The second-order valence-electron chi connectivity index (χ2n) is 5.75. The Balaban J connectivity index is 1.60. The largest absolute Gasteiger partial charge is 0.338 e. The molecule has 0 aromatic carbocycles. The molecule has 0 N–H and O–H groups in total. The molecule has 0 unspecified atom stereocenters. The standard InChI is InChI=1S/C15H22N2OS/c1-12(18)17(13-6-7-13)10-14-4-2-8-16(14)11-15-5-3-9-19-15/h3,5,9,13-14H,2,4,6-8,10-11H2,1H3/t14-/m0/s1. The van der Waals surface area contributed by atoms with Gasteiger partial charge in [-0.25, -0.2) is 0 Å². The smallest absolute Gasteiger partial charge is 0.219 e. The van der Waals surface area contributed by atoms with Gasteiger partial charge in [0.15, 0.2) is 0 Å². The van der Waals surface area contributed by atoms with Crippen LogP contribution < -0.4 is 0 Å². The molecule has 3 nitrogen and oxygen atoms in total. The third-order valence-corrected chi connectivity index (χ3v) is 5.10. The van der Waals surface area contributed by atoms with Crippen LogP contribution in [0.15, 0.2) is 17.5 Å². The first-order chi connectivity index (χ1) is 9.24. The fourth-order valence-electron chi connectivity index (χ4n) is 3.06. The molecule has 104 valence electrons. The van der Waals surface area contributed by atoms with Gasteiger partial charge in [0.05, 0.1) is 0 Å². The van der Waals surface area contributed by atoms with Gasteiger partial charge in [0.1, 0.15) is 0 Å². The normalized spacial score (nSPS) is 23.7. The Labute approximate surface area is 119 Å². The molecule has 1 aromatic heterocycles. The summed E-state index contributed by atoms with van der Waals surface area (Å²) in [6, 6.07) is 5.44. The summed E-state index contributed by atoms with van der Waals surface area (Å²) in [5.41, 5.74) is 0. The summed E-state index contributed by atoms with van der Waals surface area (Å²) in [5, 5.41) is 2.15. The molecule has 1 aliphatic carbocycles. The molecule has 1 saturated heterocycles. The first kappa shape index (κ1) is 13.1. The minimum atomic E-state index is 0.255. The minimum Gasteiger partial charge on any atom is -0.338 e. The van der Waals surface area contributed by atoms with Gasteiger partial charge in [0, 0.05) is 37.0 Å². The molecule has 1 atom stereocenters. The maximum Gasteiger partial charge on any atom is 0.219 e. The number of carbonyl (C=O) groups excluding carboxylic acids is 1. The second-order valence-corrected chi connectivity index (χ2v) is 6.78. The number of hydrogen-bond acceptors (Lipinski definition) is 3. The van der Waals surface area contributed by atoms with Gasteiger partial charge in [-0.15, -0.1) is 11.3 Å². The summed E-state index contributed by atoms with van der Waals surface area (Å²) in [6.07, 6.45) is 4.92. The molecule has 0 spiro atoms. The van der Waals surface area contributed by atoms with E-state index in [1.165, 1.54) is 37.1 Å². The van der Waals surface area contributed by atoms with Gasteiger partial charge < -0.3 is 4.90 Å². The molecule has 1 saturated carbocycles. The molecular formula is C15H22N2OS. The summed E-state index contributed by atoms with van der Waals surface area (Å²) < 4.78 is 0. The van der Waals surface area contributed by atoms with Crippen LogP contribution in [0.2, 0.25) is 0 Å². The Morgan fingerprint density at radius 2 is 2.32 bits per heavy atom. The highest BCUT2D eigenvalue weighted by atomic mass is 32.1. The van der Waals surface area contributed by atoms with Crippen LogP contribution >= 0.6 is 11.3 Å². The number of amides is 1. The average Bonchev–Trinajstić information content (AvgIpc) is 2.91. The van der Waals surface area contributed by atoms with E-state index in [1.54, 1.807) is 6.92 Å². The second kappa shape index (κ2) is 5.63. The third-order valence-electron chi connectivity index (χ3n) is 4.24. The molecule has 0 bridgehead atoms. The van der Waals surface area contributed by atoms with Crippen molar-refractivity contribution in [3.8, 4) is 0 Å². The topological polar surface area (TPSA) is 23.6 Å². The molecule has 1 aromatic rings. The fourth-order valence-corrected chi connectivity index (χ4v) is 3.79. The van der Waals surface area contributed by atoms with Crippen molar-refractivity contribution in [2.75, 3.05) is 13.1 Å². The Bertz CT molecular complexity index is 427. The monoisotopic (exact) mass is 278 g/mol. The minimum absolute atomic E-state index is 0.255. The lowest BCUT2D eigenvalue weighted by Gasteiger charge is -2.30. The molecule has 2 aliphatic rings. The van der Waals surface area contributed by atoms with E-state index < -0.39 is 0 Å². The zero-order valence-corrected chi connectivity index (χ0v) is 12.4. The van der Waals surface area contributed by atoms with E-state index >= 15 is 0 Å². The van der Waals surface area contributed by atoms with Crippen molar-refractivity contribution in [1.29, 1.82) is 0 Å². The number of likely N-dealkylation sites (tertiary alicyclic amines) is 1. The lowest BCUT2D eigenvalue weighted by molar-refractivity contribution is -0.130. The van der Waals surface area contributed by atoms with Gasteiger partial charge in [0.25, 0.3) is 0 Å². The van der Waals surface area contributed by atoms with E-state index in [0.717, 1.165) is 13.1 Å². The summed E-state index contributed by atoms with van der Waals surface area (Å²) in [6.45, 7) is 4.89. The molecule has 2 heterocycles. The Hall–Kier alpha value is -0.870. The van der Waals surface area contributed by atoms with Gasteiger partial charge in [-0.2, -0.15) is 0 Å². The highest BCUT2D eigenvalue weighted by molar-refractivity contribution is 7.09. The number of carbonyl (C=O) groups is 1. The van der Waals surface area contributed by atoms with Crippen molar-refractivity contribution < 1.29 is 4.79 Å². The molecule has 2 fully saturated rings. The van der Waals surface area contributed by atoms with Crippen molar-refractivity contribution in [2.24, 2.45) is 0 Å². The van der Waals surface area contributed by atoms with Gasteiger partial charge in [-0.3, -0.25) is 9.69 Å². The van der Waals surface area contributed by atoms with Crippen molar-refractivity contribution >= 4 is 17.2 Å². The number of nitrogens with zero attached hydrogens (tertiary/aromatic N) is 2. The highest BCUT2D eigenvalue weighted by Gasteiger charge is 2.35. The lowest BCUT2D eigenvalue weighted by atomic mass is 10.2. The molecule has 4 heteroatoms. The van der Waals surface area contributed by atoms with Crippen LogP contribution in [-0.2, 0) is 11.3 Å². The van der Waals surface area contributed by atoms with E-state index in [2.05, 4.69) is 27.3 Å². The predicted octanol–water partition coefficient (Wildman–Crippen LogP) is 2.72. The highest BCUT2D eigenvalue weighted by Crippen LogP contribution is 2.30. The maximum atomic E-state index is 11.7. The van der Waals surface area contributed by atoms with Crippen molar-refractivity contribution in [2.45, 2.75) is 51.2 Å². The fraction of sp³-hybridized carbons (Fsp3) is 0.667. The summed E-state index contributed by atoms with van der Waals surface area (Å²) in [5.74, 6) is 0.255.